The molecule has 66 valence electrons. The van der Waals surface area contributed by atoms with Gasteiger partial charge in [-0.2, -0.15) is 0 Å². The molecule has 0 bridgehead atoms. The van der Waals surface area contributed by atoms with Gasteiger partial charge in [-0.1, -0.05) is 12.2 Å². The summed E-state index contributed by atoms with van der Waals surface area (Å²) in [6.45, 7) is 3.88. The monoisotopic (exact) mass is 168 g/mol. The van der Waals surface area contributed by atoms with Crippen molar-refractivity contribution in [1.29, 1.82) is 0 Å². The van der Waals surface area contributed by atoms with E-state index in [1.165, 1.54) is 0 Å². The lowest BCUT2D eigenvalue weighted by atomic mass is 10.0. The first-order chi connectivity index (χ1) is 5.66. The molecule has 0 saturated carbocycles. The van der Waals surface area contributed by atoms with E-state index in [0.29, 0.717) is 6.10 Å². The summed E-state index contributed by atoms with van der Waals surface area (Å²) in [4.78, 5) is 0. The summed E-state index contributed by atoms with van der Waals surface area (Å²) in [6.07, 6.45) is 4.88. The summed E-state index contributed by atoms with van der Waals surface area (Å²) in [5.74, 6) is -0.444. The van der Waals surface area contributed by atoms with Gasteiger partial charge >= 0.3 is 0 Å². The Bertz CT molecular complexity index is 246. The van der Waals surface area contributed by atoms with Crippen LogP contribution in [0.1, 0.15) is 13.8 Å². The molecule has 0 radical (unpaired) electrons. The zero-order valence-electron chi connectivity index (χ0n) is 7.19. The second-order valence-electron chi connectivity index (χ2n) is 4.01. The third kappa shape index (κ3) is 0.873. The Morgan fingerprint density at radius 1 is 1.00 bits per heavy atom. The fourth-order valence-electron chi connectivity index (χ4n) is 1.99. The molecule has 2 fully saturated rings. The van der Waals surface area contributed by atoms with Crippen molar-refractivity contribution in [1.82, 2.24) is 0 Å². The van der Waals surface area contributed by atoms with Crippen molar-refractivity contribution < 1.29 is 14.2 Å². The van der Waals surface area contributed by atoms with Crippen molar-refractivity contribution >= 4 is 0 Å². The van der Waals surface area contributed by atoms with Crippen LogP contribution in [0.15, 0.2) is 12.2 Å². The molecule has 3 nitrogen and oxygen atoms in total. The molecule has 0 amide bonds. The maximum atomic E-state index is 5.71. The predicted molar refractivity (Wildman–Crippen MR) is 41.6 cm³/mol. The highest BCUT2D eigenvalue weighted by molar-refractivity contribution is 5.18. The van der Waals surface area contributed by atoms with Gasteiger partial charge in [0.05, 0.1) is 0 Å². The van der Waals surface area contributed by atoms with Gasteiger partial charge in [0.15, 0.2) is 5.79 Å². The Labute approximate surface area is 71.3 Å². The number of ether oxygens (including phenoxy) is 3. The maximum absolute atomic E-state index is 5.71. The van der Waals surface area contributed by atoms with Gasteiger partial charge in [0.25, 0.3) is 0 Å². The Balaban J connectivity index is 1.88. The molecule has 2 aliphatic heterocycles. The highest BCUT2D eigenvalue weighted by Gasteiger charge is 2.56. The van der Waals surface area contributed by atoms with E-state index in [1.54, 1.807) is 0 Å². The summed E-state index contributed by atoms with van der Waals surface area (Å²) >= 11 is 0. The van der Waals surface area contributed by atoms with Crippen molar-refractivity contribution in [2.24, 2.45) is 0 Å². The molecule has 3 heteroatoms. The average Bonchev–Trinajstić information content (AvgIpc) is 2.67. The minimum atomic E-state index is -0.444. The lowest BCUT2D eigenvalue weighted by Gasteiger charge is -2.15. The van der Waals surface area contributed by atoms with Gasteiger partial charge in [-0.15, -0.1) is 0 Å². The molecule has 0 N–H and O–H groups in total. The van der Waals surface area contributed by atoms with Crippen molar-refractivity contribution in [3.8, 4) is 0 Å². The quantitative estimate of drug-likeness (QED) is 0.397. The fraction of sp³-hybridized carbons (Fsp3) is 0.778. The molecule has 0 aromatic carbocycles. The minimum Gasteiger partial charge on any atom is -0.362 e. The number of hydrogen-bond donors (Lipinski definition) is 0. The highest BCUT2D eigenvalue weighted by atomic mass is 16.8. The molecule has 0 aromatic heterocycles. The zero-order chi connectivity index (χ0) is 8.34. The Morgan fingerprint density at radius 3 is 2.58 bits per heavy atom. The molecule has 4 atom stereocenters. The van der Waals surface area contributed by atoms with Crippen molar-refractivity contribution in [3.05, 3.63) is 12.2 Å². The van der Waals surface area contributed by atoms with Gasteiger partial charge in [-0.3, -0.25) is 0 Å². The van der Waals surface area contributed by atoms with Crippen LogP contribution >= 0.6 is 0 Å². The molecule has 2 unspecified atom stereocenters. The van der Waals surface area contributed by atoms with E-state index < -0.39 is 5.79 Å². The number of fused-ring (bicyclic) bond motifs is 3. The molecule has 2 heterocycles. The minimum absolute atomic E-state index is 0.101. The molecule has 1 aliphatic carbocycles. The lowest BCUT2D eigenvalue weighted by Crippen LogP contribution is -2.30. The fourth-order valence-corrected chi connectivity index (χ4v) is 1.99. The zero-order valence-corrected chi connectivity index (χ0v) is 7.19. The van der Waals surface area contributed by atoms with Crippen LogP contribution in [0.3, 0.4) is 0 Å². The van der Waals surface area contributed by atoms with Crippen LogP contribution in [0.4, 0.5) is 0 Å². The van der Waals surface area contributed by atoms with Gasteiger partial charge in [0, 0.05) is 0 Å². The van der Waals surface area contributed by atoms with E-state index in [9.17, 15) is 0 Å². The second kappa shape index (κ2) is 1.92. The molecule has 0 spiro atoms. The summed E-state index contributed by atoms with van der Waals surface area (Å²) < 4.78 is 16.8. The van der Waals surface area contributed by atoms with Crippen LogP contribution in [-0.4, -0.2) is 30.2 Å². The number of epoxide rings is 1. The Hall–Kier alpha value is -0.380. The van der Waals surface area contributed by atoms with Gasteiger partial charge in [0.1, 0.15) is 24.4 Å². The van der Waals surface area contributed by atoms with Crippen molar-refractivity contribution in [2.45, 2.75) is 44.1 Å². The Morgan fingerprint density at radius 2 is 1.75 bits per heavy atom. The summed E-state index contributed by atoms with van der Waals surface area (Å²) in [6, 6.07) is 0. The van der Waals surface area contributed by atoms with E-state index in [1.807, 2.05) is 19.9 Å². The van der Waals surface area contributed by atoms with Crippen LogP contribution in [0, 0.1) is 0 Å². The van der Waals surface area contributed by atoms with Gasteiger partial charge in [-0.05, 0) is 13.8 Å². The van der Waals surface area contributed by atoms with Crippen LogP contribution in [-0.2, 0) is 14.2 Å². The van der Waals surface area contributed by atoms with Crippen LogP contribution in [0.2, 0.25) is 0 Å². The van der Waals surface area contributed by atoms with Gasteiger partial charge < -0.3 is 14.2 Å². The number of rotatable bonds is 0. The van der Waals surface area contributed by atoms with Crippen LogP contribution in [0.5, 0.6) is 0 Å². The van der Waals surface area contributed by atoms with E-state index >= 15 is 0 Å². The molecule has 2 saturated heterocycles. The molecule has 3 aliphatic rings. The predicted octanol–water partition coefficient (Wildman–Crippen LogP) is 0.844. The summed E-state index contributed by atoms with van der Waals surface area (Å²) in [7, 11) is 0. The van der Waals surface area contributed by atoms with Crippen LogP contribution in [0.25, 0.3) is 0 Å². The highest BCUT2D eigenvalue weighted by Crippen LogP contribution is 2.42. The van der Waals surface area contributed by atoms with Crippen molar-refractivity contribution in [2.75, 3.05) is 0 Å². The molecule has 12 heavy (non-hydrogen) atoms. The van der Waals surface area contributed by atoms with Crippen LogP contribution < -0.4 is 0 Å². The molecule has 3 rings (SSSR count). The first kappa shape index (κ1) is 7.06. The first-order valence-electron chi connectivity index (χ1n) is 4.35. The first-order valence-corrected chi connectivity index (χ1v) is 4.35. The Kier molecular flexibility index (Phi) is 1.13. The summed E-state index contributed by atoms with van der Waals surface area (Å²) in [5, 5.41) is 0. The standard InChI is InChI=1S/C9H12O3/c1-9(2)11-6-4-3-5-7(10-5)8(6)12-9/h3-8H,1-2H3/t5?,6-,7?,8-/m0/s1. The third-order valence-corrected chi connectivity index (χ3v) is 2.54. The van der Waals surface area contributed by atoms with Gasteiger partial charge in [0.2, 0.25) is 0 Å². The lowest BCUT2D eigenvalue weighted by molar-refractivity contribution is -0.144. The molecular weight excluding hydrogens is 156 g/mol. The summed E-state index contributed by atoms with van der Waals surface area (Å²) in [5.41, 5.74) is 0. The SMILES string of the molecule is CC1(C)O[C@H]2C=CC3OC3[C@H]2O1. The maximum Gasteiger partial charge on any atom is 0.164 e. The van der Waals surface area contributed by atoms with Gasteiger partial charge in [-0.25, -0.2) is 0 Å². The molecule has 0 aromatic rings. The second-order valence-corrected chi connectivity index (χ2v) is 4.01. The topological polar surface area (TPSA) is 31.0 Å². The van der Waals surface area contributed by atoms with E-state index in [-0.39, 0.29) is 18.3 Å². The smallest absolute Gasteiger partial charge is 0.164 e. The normalized spacial score (nSPS) is 53.2. The average molecular weight is 168 g/mol. The van der Waals surface area contributed by atoms with E-state index in [2.05, 4.69) is 6.08 Å². The third-order valence-electron chi connectivity index (χ3n) is 2.54. The van der Waals surface area contributed by atoms with E-state index in [0.717, 1.165) is 0 Å². The number of hydrogen-bond acceptors (Lipinski definition) is 3. The van der Waals surface area contributed by atoms with E-state index in [4.69, 9.17) is 14.2 Å². The molecular formula is C9H12O3. The van der Waals surface area contributed by atoms with Crippen molar-refractivity contribution in [3.63, 3.8) is 0 Å². The largest absolute Gasteiger partial charge is 0.362 e.